The van der Waals surface area contributed by atoms with Crippen molar-refractivity contribution < 1.29 is 48.0 Å². The van der Waals surface area contributed by atoms with E-state index in [4.69, 9.17) is 18.9 Å². The highest BCUT2D eigenvalue weighted by Gasteiger charge is 2.55. The third kappa shape index (κ3) is 9.52. The average molecular weight is 758 g/mol. The first-order valence-electron chi connectivity index (χ1n) is 18.9. The predicted octanol–water partition coefficient (Wildman–Crippen LogP) is 3.51. The molecule has 13 heteroatoms. The minimum absolute atomic E-state index is 0.0113. The minimum atomic E-state index is -0.989. The van der Waals surface area contributed by atoms with Crippen molar-refractivity contribution in [2.75, 3.05) is 27.2 Å². The van der Waals surface area contributed by atoms with Crippen molar-refractivity contribution in [1.82, 2.24) is 15.1 Å². The Morgan fingerprint density at radius 1 is 1.05 bits per heavy atom. The molecule has 2 aromatic rings. The number of nitrogens with zero attached hydrogens (tertiary/aromatic N) is 2. The van der Waals surface area contributed by atoms with Crippen LogP contribution in [0.2, 0.25) is 0 Å². The molecule has 5 unspecified atom stereocenters. The Balaban J connectivity index is 1.19. The zero-order chi connectivity index (χ0) is 39.5. The van der Waals surface area contributed by atoms with Gasteiger partial charge in [-0.2, -0.15) is 0 Å². The van der Waals surface area contributed by atoms with Crippen LogP contribution in [0.1, 0.15) is 79.9 Å². The highest BCUT2D eigenvalue weighted by atomic mass is 16.8. The second-order valence-electron chi connectivity index (χ2n) is 15.9. The third-order valence-electron chi connectivity index (χ3n) is 10.2. The summed E-state index contributed by atoms with van der Waals surface area (Å²) in [6.45, 7) is 5.26. The van der Waals surface area contributed by atoms with Gasteiger partial charge in [0.15, 0.2) is 5.79 Å². The molecule has 2 aromatic carbocycles. The molecule has 6 rings (SSSR count). The number of likely N-dealkylation sites (tertiary alicyclic amines) is 1. The maximum absolute atomic E-state index is 14.3. The van der Waals surface area contributed by atoms with Crippen molar-refractivity contribution in [3.63, 3.8) is 0 Å². The van der Waals surface area contributed by atoms with Gasteiger partial charge in [-0.25, -0.2) is 4.79 Å². The molecule has 2 heterocycles. The van der Waals surface area contributed by atoms with Crippen molar-refractivity contribution >= 4 is 35.7 Å². The van der Waals surface area contributed by atoms with Crippen LogP contribution in [0.15, 0.2) is 66.3 Å². The average Bonchev–Trinajstić information content (AvgIpc) is 3.87. The monoisotopic (exact) mass is 757 g/mol. The van der Waals surface area contributed by atoms with Gasteiger partial charge < -0.3 is 39.2 Å². The van der Waals surface area contributed by atoms with E-state index in [1.54, 1.807) is 71.3 Å². The lowest BCUT2D eigenvalue weighted by Gasteiger charge is -2.33. The Morgan fingerprint density at radius 3 is 2.45 bits per heavy atom. The van der Waals surface area contributed by atoms with E-state index in [0.29, 0.717) is 43.4 Å². The lowest BCUT2D eigenvalue weighted by atomic mass is 9.91. The standard InChI is InChI=1S/C42H51N3O10/c1-41(2,3)54-36(48)18-16-31(25-46)43-38(49)32-14-9-19-45(32)39(50)30-21-33(52-40(51)27-13-8-10-26(20-27)15-17-35(47)44(4)5)37-34(22-30)53-42(55-37)23-28-11-6-7-12-29(28)24-42/h6-8,10-13,15,17,20,22,31-34,37,46H,9,14,16,18-19,21,23-25H2,1-5H3,(H,43,49). The summed E-state index contributed by atoms with van der Waals surface area (Å²) in [7, 11) is 3.30. The number of hydrogen-bond acceptors (Lipinski definition) is 10. The lowest BCUT2D eigenvalue weighted by molar-refractivity contribution is -0.172. The fourth-order valence-corrected chi connectivity index (χ4v) is 7.60. The van der Waals surface area contributed by atoms with Gasteiger partial charge in [-0.3, -0.25) is 19.2 Å². The first kappa shape index (κ1) is 39.8. The minimum Gasteiger partial charge on any atom is -0.460 e. The molecule has 2 N–H and O–H groups in total. The smallest absolute Gasteiger partial charge is 0.338 e. The van der Waals surface area contributed by atoms with Crippen molar-refractivity contribution in [1.29, 1.82) is 0 Å². The van der Waals surface area contributed by atoms with E-state index in [1.165, 1.54) is 15.9 Å². The summed E-state index contributed by atoms with van der Waals surface area (Å²) < 4.78 is 24.8. The van der Waals surface area contributed by atoms with Crippen molar-refractivity contribution in [3.05, 3.63) is 88.5 Å². The summed E-state index contributed by atoms with van der Waals surface area (Å²) in [5.41, 5.74) is 2.80. The molecule has 0 bridgehead atoms. The van der Waals surface area contributed by atoms with Crippen LogP contribution in [0.25, 0.3) is 6.08 Å². The molecule has 2 aliphatic heterocycles. The molecule has 4 aliphatic rings. The molecule has 0 saturated carbocycles. The molecule has 2 aliphatic carbocycles. The van der Waals surface area contributed by atoms with Crippen LogP contribution < -0.4 is 5.32 Å². The number of esters is 2. The van der Waals surface area contributed by atoms with E-state index in [0.717, 1.165) is 11.1 Å². The van der Waals surface area contributed by atoms with Crippen LogP contribution in [0.4, 0.5) is 0 Å². The highest BCUT2D eigenvalue weighted by molar-refractivity contribution is 5.98. The molecular formula is C42H51N3O10. The quantitative estimate of drug-likeness (QED) is 0.257. The fraction of sp³-hybridized carbons (Fsp3) is 0.500. The number of benzene rings is 2. The molecule has 55 heavy (non-hydrogen) atoms. The van der Waals surface area contributed by atoms with Gasteiger partial charge in [-0.15, -0.1) is 0 Å². The molecule has 294 valence electrons. The van der Waals surface area contributed by atoms with E-state index in [1.807, 2.05) is 24.3 Å². The number of ether oxygens (including phenoxy) is 4. The first-order valence-corrected chi connectivity index (χ1v) is 18.9. The maximum atomic E-state index is 14.3. The van der Waals surface area contributed by atoms with Gasteiger partial charge in [-0.1, -0.05) is 36.4 Å². The summed E-state index contributed by atoms with van der Waals surface area (Å²) in [6.07, 6.45) is 4.75. The summed E-state index contributed by atoms with van der Waals surface area (Å²) >= 11 is 0. The van der Waals surface area contributed by atoms with E-state index in [2.05, 4.69) is 5.32 Å². The van der Waals surface area contributed by atoms with Crippen molar-refractivity contribution in [2.45, 2.75) is 108 Å². The summed E-state index contributed by atoms with van der Waals surface area (Å²) in [6, 6.07) is 13.2. The van der Waals surface area contributed by atoms with Gasteiger partial charge in [0.25, 0.3) is 0 Å². The number of aliphatic hydroxyl groups excluding tert-OH is 1. The Kier molecular flexibility index (Phi) is 11.9. The lowest BCUT2D eigenvalue weighted by Crippen LogP contribution is -2.51. The molecule has 2 saturated heterocycles. The van der Waals surface area contributed by atoms with E-state index in [9.17, 15) is 29.1 Å². The van der Waals surface area contributed by atoms with E-state index in [-0.39, 0.29) is 43.2 Å². The van der Waals surface area contributed by atoms with Crippen LogP contribution >= 0.6 is 0 Å². The Bertz CT molecular complexity index is 1840. The number of amides is 3. The normalized spacial score (nSPS) is 23.2. The number of hydrogen-bond donors (Lipinski definition) is 2. The topological polar surface area (TPSA) is 161 Å². The largest absolute Gasteiger partial charge is 0.460 e. The number of aliphatic hydroxyl groups is 1. The second kappa shape index (κ2) is 16.5. The number of carbonyl (C=O) groups is 5. The second-order valence-corrected chi connectivity index (χ2v) is 15.9. The zero-order valence-corrected chi connectivity index (χ0v) is 32.1. The van der Waals surface area contributed by atoms with Gasteiger partial charge in [0.1, 0.15) is 30.0 Å². The van der Waals surface area contributed by atoms with Crippen molar-refractivity contribution in [2.24, 2.45) is 0 Å². The number of nitrogens with one attached hydrogen (secondary N) is 1. The molecule has 2 fully saturated rings. The predicted molar refractivity (Wildman–Crippen MR) is 201 cm³/mol. The molecule has 13 nitrogen and oxygen atoms in total. The van der Waals surface area contributed by atoms with Gasteiger partial charge in [0, 0.05) is 58.0 Å². The van der Waals surface area contributed by atoms with Gasteiger partial charge in [0.05, 0.1) is 18.2 Å². The molecule has 1 spiro atoms. The zero-order valence-electron chi connectivity index (χ0n) is 32.1. The summed E-state index contributed by atoms with van der Waals surface area (Å²) in [5, 5.41) is 12.8. The molecule has 0 radical (unpaired) electrons. The van der Waals surface area contributed by atoms with Crippen LogP contribution in [0.3, 0.4) is 0 Å². The third-order valence-corrected chi connectivity index (χ3v) is 10.2. The SMILES string of the molecule is CN(C)C(=O)C=Cc1cccc(C(=O)OC2CC(C(=O)N3CCCC3C(=O)NC(CO)CCC(=O)OC(C)(C)C)=CC3OC4(Cc5ccccc5C4)OC32)c1. The van der Waals surface area contributed by atoms with E-state index >= 15 is 0 Å². The fourth-order valence-electron chi connectivity index (χ4n) is 7.60. The first-order chi connectivity index (χ1) is 26.1. The Morgan fingerprint density at radius 2 is 1.78 bits per heavy atom. The maximum Gasteiger partial charge on any atom is 0.338 e. The summed E-state index contributed by atoms with van der Waals surface area (Å²) in [5.74, 6) is -3.03. The molecule has 5 atom stereocenters. The molecule has 0 aromatic heterocycles. The Hall–Kier alpha value is -4.85. The van der Waals surface area contributed by atoms with Crippen LogP contribution in [0.5, 0.6) is 0 Å². The van der Waals surface area contributed by atoms with E-state index < -0.39 is 59.6 Å². The molecular weight excluding hydrogens is 706 g/mol. The van der Waals surface area contributed by atoms with Gasteiger partial charge >= 0.3 is 11.9 Å². The van der Waals surface area contributed by atoms with Crippen LogP contribution in [-0.2, 0) is 51.0 Å². The van der Waals surface area contributed by atoms with Crippen molar-refractivity contribution in [3.8, 4) is 0 Å². The Labute approximate surface area is 321 Å². The van der Waals surface area contributed by atoms with Gasteiger partial charge in [-0.05, 0) is 81.0 Å². The number of carbonyl (C=O) groups excluding carboxylic acids is 5. The highest BCUT2D eigenvalue weighted by Crippen LogP contribution is 2.45. The summed E-state index contributed by atoms with van der Waals surface area (Å²) in [4.78, 5) is 68.9. The molecule has 3 amide bonds. The number of likely N-dealkylation sites (N-methyl/N-ethyl adjacent to an activating group) is 1. The number of fused-ring (bicyclic) bond motifs is 2. The van der Waals surface area contributed by atoms with Crippen LogP contribution in [0, 0.1) is 0 Å². The number of rotatable bonds is 11. The van der Waals surface area contributed by atoms with Gasteiger partial charge in [0.2, 0.25) is 17.7 Å². The van der Waals surface area contributed by atoms with Crippen LogP contribution in [-0.4, -0.2) is 114 Å².